The Kier molecular flexibility index (Phi) is 6.13. The Morgan fingerprint density at radius 2 is 1.85 bits per heavy atom. The number of hydrogen-bond donors (Lipinski definition) is 3. The number of nitrogens with one attached hydrogen (secondary N) is 2. The lowest BCUT2D eigenvalue weighted by atomic mass is 9.93. The molecule has 3 N–H and O–H groups in total. The summed E-state index contributed by atoms with van der Waals surface area (Å²) in [7, 11) is 0. The summed E-state index contributed by atoms with van der Waals surface area (Å²) in [6.07, 6.45) is 11.6. The van der Waals surface area contributed by atoms with E-state index in [4.69, 9.17) is 5.11 Å². The van der Waals surface area contributed by atoms with E-state index in [2.05, 4.69) is 15.7 Å². The number of aromatic nitrogens is 2. The average Bonchev–Trinajstić information content (AvgIpc) is 3.25. The van der Waals surface area contributed by atoms with E-state index in [0.717, 1.165) is 38.5 Å². The number of carboxylic acids is 1. The van der Waals surface area contributed by atoms with Crippen LogP contribution in [-0.4, -0.2) is 44.3 Å². The molecule has 2 aliphatic rings. The molecule has 27 heavy (non-hydrogen) atoms. The maximum atomic E-state index is 12.5. The number of carbonyl (C=O) groups is 3. The number of rotatable bonds is 7. The minimum Gasteiger partial charge on any atom is -0.481 e. The van der Waals surface area contributed by atoms with Crippen LogP contribution in [0.2, 0.25) is 0 Å². The fourth-order valence-corrected chi connectivity index (χ4v) is 4.23. The summed E-state index contributed by atoms with van der Waals surface area (Å²) in [6.45, 7) is 0.0735. The molecule has 2 amide bonds. The highest BCUT2D eigenvalue weighted by Gasteiger charge is 2.37. The van der Waals surface area contributed by atoms with Crippen molar-refractivity contribution in [2.75, 3.05) is 0 Å². The Labute approximate surface area is 158 Å². The van der Waals surface area contributed by atoms with Crippen LogP contribution in [0.3, 0.4) is 0 Å². The fourth-order valence-electron chi connectivity index (χ4n) is 4.23. The lowest BCUT2D eigenvalue weighted by molar-refractivity contribution is -0.138. The lowest BCUT2D eigenvalue weighted by Crippen LogP contribution is -2.47. The summed E-state index contributed by atoms with van der Waals surface area (Å²) >= 11 is 0. The second kappa shape index (κ2) is 8.54. The predicted molar refractivity (Wildman–Crippen MR) is 98.2 cm³/mol. The molecule has 3 rings (SSSR count). The maximum absolute atomic E-state index is 12.5. The quantitative estimate of drug-likeness (QED) is 0.672. The zero-order chi connectivity index (χ0) is 19.3. The van der Waals surface area contributed by atoms with Crippen LogP contribution in [-0.2, 0) is 16.1 Å². The summed E-state index contributed by atoms with van der Waals surface area (Å²) in [5.41, 5.74) is -0.333. The molecular formula is C19H28N4O4. The van der Waals surface area contributed by atoms with Crippen LogP contribution in [0.5, 0.6) is 0 Å². The molecule has 2 saturated carbocycles. The van der Waals surface area contributed by atoms with Gasteiger partial charge in [0.25, 0.3) is 5.91 Å². The van der Waals surface area contributed by atoms with E-state index in [-0.39, 0.29) is 30.8 Å². The van der Waals surface area contributed by atoms with Crippen molar-refractivity contribution in [1.82, 2.24) is 20.4 Å². The van der Waals surface area contributed by atoms with E-state index < -0.39 is 11.5 Å². The summed E-state index contributed by atoms with van der Waals surface area (Å²) < 4.78 is 1.45. The molecule has 0 saturated heterocycles. The van der Waals surface area contributed by atoms with Crippen molar-refractivity contribution in [2.24, 2.45) is 0 Å². The van der Waals surface area contributed by atoms with Crippen molar-refractivity contribution >= 4 is 17.8 Å². The third kappa shape index (κ3) is 5.30. The van der Waals surface area contributed by atoms with Crippen LogP contribution in [0, 0.1) is 0 Å². The molecule has 2 fully saturated rings. The monoisotopic (exact) mass is 376 g/mol. The molecule has 1 heterocycles. The first-order valence-electron chi connectivity index (χ1n) is 9.82. The van der Waals surface area contributed by atoms with Gasteiger partial charge in [-0.3, -0.25) is 19.1 Å². The third-order valence-corrected chi connectivity index (χ3v) is 5.60. The van der Waals surface area contributed by atoms with Crippen molar-refractivity contribution in [3.05, 3.63) is 18.0 Å². The number of nitrogens with zero attached hydrogens (tertiary/aromatic N) is 2. The number of hydrogen-bond acceptors (Lipinski definition) is 4. The van der Waals surface area contributed by atoms with E-state index in [1.165, 1.54) is 17.3 Å². The largest absolute Gasteiger partial charge is 0.481 e. The molecule has 1 aromatic heterocycles. The van der Waals surface area contributed by atoms with Crippen molar-refractivity contribution in [3.8, 4) is 0 Å². The fraction of sp³-hybridized carbons (Fsp3) is 0.684. The smallest absolute Gasteiger partial charge is 0.305 e. The Bertz CT molecular complexity index is 688. The van der Waals surface area contributed by atoms with Crippen LogP contribution in [0.4, 0.5) is 0 Å². The molecule has 1 aromatic rings. The van der Waals surface area contributed by atoms with E-state index in [1.54, 1.807) is 6.20 Å². The molecule has 0 aliphatic heterocycles. The van der Waals surface area contributed by atoms with Gasteiger partial charge in [0.05, 0.1) is 23.7 Å². The minimum atomic E-state index is -0.910. The van der Waals surface area contributed by atoms with Crippen LogP contribution < -0.4 is 10.6 Å². The van der Waals surface area contributed by atoms with Gasteiger partial charge in [-0.15, -0.1) is 0 Å². The van der Waals surface area contributed by atoms with E-state index in [0.29, 0.717) is 18.4 Å². The normalized spacial score (nSPS) is 19.6. The lowest BCUT2D eigenvalue weighted by Gasteiger charge is -2.28. The molecule has 0 unspecified atom stereocenters. The SMILES string of the molecule is O=C(O)CC1(NC(=O)c2cnn(CC(=O)NC3CCCCC3)c2)CCCC1. The topological polar surface area (TPSA) is 113 Å². The predicted octanol–water partition coefficient (Wildman–Crippen LogP) is 1.85. The molecular weight excluding hydrogens is 348 g/mol. The second-order valence-electron chi connectivity index (χ2n) is 7.84. The Morgan fingerprint density at radius 3 is 2.52 bits per heavy atom. The molecule has 0 atom stereocenters. The summed E-state index contributed by atoms with van der Waals surface area (Å²) in [5, 5.41) is 19.2. The minimum absolute atomic E-state index is 0.0727. The van der Waals surface area contributed by atoms with Crippen LogP contribution in [0.15, 0.2) is 12.4 Å². The van der Waals surface area contributed by atoms with Gasteiger partial charge in [-0.05, 0) is 25.7 Å². The Balaban J connectivity index is 1.55. The van der Waals surface area contributed by atoms with Crippen LogP contribution in [0.25, 0.3) is 0 Å². The highest BCUT2D eigenvalue weighted by atomic mass is 16.4. The molecule has 2 aliphatic carbocycles. The average molecular weight is 376 g/mol. The molecule has 0 bridgehead atoms. The third-order valence-electron chi connectivity index (χ3n) is 5.60. The molecule has 0 spiro atoms. The van der Waals surface area contributed by atoms with E-state index >= 15 is 0 Å². The first kappa shape index (κ1) is 19.4. The number of carboxylic acid groups (broad SMARTS) is 1. The Hall–Kier alpha value is -2.38. The van der Waals surface area contributed by atoms with Gasteiger partial charge in [0.2, 0.25) is 5.91 Å². The molecule has 148 valence electrons. The Morgan fingerprint density at radius 1 is 1.15 bits per heavy atom. The number of aliphatic carboxylic acids is 1. The highest BCUT2D eigenvalue weighted by Crippen LogP contribution is 2.33. The summed E-state index contributed by atoms with van der Waals surface area (Å²) in [4.78, 5) is 35.9. The van der Waals surface area contributed by atoms with Crippen molar-refractivity contribution in [3.63, 3.8) is 0 Å². The number of amides is 2. The van der Waals surface area contributed by atoms with Gasteiger partial charge in [-0.25, -0.2) is 0 Å². The zero-order valence-electron chi connectivity index (χ0n) is 15.6. The van der Waals surface area contributed by atoms with Gasteiger partial charge in [-0.2, -0.15) is 5.10 Å². The molecule has 8 nitrogen and oxygen atoms in total. The molecule has 0 aromatic carbocycles. The van der Waals surface area contributed by atoms with Crippen molar-refractivity contribution in [2.45, 2.75) is 82.3 Å². The van der Waals surface area contributed by atoms with Gasteiger partial charge in [0.15, 0.2) is 0 Å². The van der Waals surface area contributed by atoms with E-state index in [9.17, 15) is 14.4 Å². The summed E-state index contributed by atoms with van der Waals surface area (Å²) in [6, 6.07) is 0.239. The van der Waals surface area contributed by atoms with Gasteiger partial charge < -0.3 is 15.7 Å². The first-order valence-corrected chi connectivity index (χ1v) is 9.82. The summed E-state index contributed by atoms with van der Waals surface area (Å²) in [5.74, 6) is -1.35. The molecule has 0 radical (unpaired) electrons. The molecule has 8 heteroatoms. The first-order chi connectivity index (χ1) is 13.0. The van der Waals surface area contributed by atoms with Crippen molar-refractivity contribution in [1.29, 1.82) is 0 Å². The van der Waals surface area contributed by atoms with Crippen LogP contribution >= 0.6 is 0 Å². The van der Waals surface area contributed by atoms with Gasteiger partial charge in [-0.1, -0.05) is 32.1 Å². The van der Waals surface area contributed by atoms with Crippen LogP contribution in [0.1, 0.15) is 74.6 Å². The van der Waals surface area contributed by atoms with Gasteiger partial charge in [0, 0.05) is 12.2 Å². The highest BCUT2D eigenvalue weighted by molar-refractivity contribution is 5.94. The van der Waals surface area contributed by atoms with E-state index in [1.807, 2.05) is 0 Å². The van der Waals surface area contributed by atoms with Gasteiger partial charge in [0.1, 0.15) is 6.54 Å². The zero-order valence-corrected chi connectivity index (χ0v) is 15.6. The van der Waals surface area contributed by atoms with Crippen molar-refractivity contribution < 1.29 is 19.5 Å². The maximum Gasteiger partial charge on any atom is 0.305 e. The number of carbonyl (C=O) groups excluding carboxylic acids is 2. The second-order valence-corrected chi connectivity index (χ2v) is 7.84. The van der Waals surface area contributed by atoms with Gasteiger partial charge >= 0.3 is 5.97 Å². The standard InChI is InChI=1S/C19H28N4O4/c24-16(21-15-6-2-1-3-7-15)13-23-12-14(11-20-23)18(27)22-19(10-17(25)26)8-4-5-9-19/h11-12,15H,1-10,13H2,(H,21,24)(H,22,27)(H,25,26).